The molecule has 0 saturated heterocycles. The first-order valence-electron chi connectivity index (χ1n) is 4.06. The number of nitrogens with one attached hydrogen (secondary N) is 1. The van der Waals surface area contributed by atoms with E-state index in [0.29, 0.717) is 5.02 Å². The number of thiazole rings is 1. The molecule has 1 aromatic carbocycles. The Morgan fingerprint density at radius 1 is 1.50 bits per heavy atom. The highest BCUT2D eigenvalue weighted by Gasteiger charge is 2.08. The average Bonchev–Trinajstić information content (AvgIpc) is 2.61. The van der Waals surface area contributed by atoms with Crippen molar-refractivity contribution in [3.05, 3.63) is 17.2 Å². The number of nitrogens with zero attached hydrogens (tertiary/aromatic N) is 1. The van der Waals surface area contributed by atoms with Crippen LogP contribution in [-0.2, 0) is 0 Å². The number of halogens is 1. The van der Waals surface area contributed by atoms with Crippen molar-refractivity contribution in [2.75, 3.05) is 19.5 Å². The van der Waals surface area contributed by atoms with Gasteiger partial charge in [0, 0.05) is 13.1 Å². The molecular formula is C9H9ClN2OS. The van der Waals surface area contributed by atoms with Crippen LogP contribution in [0.1, 0.15) is 0 Å². The lowest BCUT2D eigenvalue weighted by Gasteiger charge is -1.99. The second-order valence-electron chi connectivity index (χ2n) is 2.72. The Bertz CT molecular complexity index is 469. The normalized spacial score (nSPS) is 10.5. The van der Waals surface area contributed by atoms with Crippen LogP contribution in [0.2, 0.25) is 5.02 Å². The van der Waals surface area contributed by atoms with Gasteiger partial charge >= 0.3 is 0 Å². The summed E-state index contributed by atoms with van der Waals surface area (Å²) < 4.78 is 6.15. The third kappa shape index (κ3) is 1.51. The number of methoxy groups -OCH3 is 1. The van der Waals surface area contributed by atoms with Crippen molar-refractivity contribution in [1.82, 2.24) is 4.98 Å². The van der Waals surface area contributed by atoms with Crippen LogP contribution in [-0.4, -0.2) is 19.1 Å². The quantitative estimate of drug-likeness (QED) is 0.858. The number of hydrogen-bond donors (Lipinski definition) is 1. The molecule has 1 aromatic heterocycles. The lowest BCUT2D eigenvalue weighted by Crippen LogP contribution is -1.84. The molecule has 2 rings (SSSR count). The maximum atomic E-state index is 6.05. The Labute approximate surface area is 90.7 Å². The monoisotopic (exact) mass is 228 g/mol. The van der Waals surface area contributed by atoms with Gasteiger partial charge in [-0.15, -0.1) is 0 Å². The summed E-state index contributed by atoms with van der Waals surface area (Å²) in [6, 6.07) is 3.70. The van der Waals surface area contributed by atoms with Crippen LogP contribution in [0.25, 0.3) is 10.2 Å². The number of rotatable bonds is 2. The first kappa shape index (κ1) is 9.55. The predicted octanol–water partition coefficient (Wildman–Crippen LogP) is 3.00. The molecule has 2 aromatic rings. The highest BCUT2D eigenvalue weighted by atomic mass is 35.5. The van der Waals surface area contributed by atoms with Crippen molar-refractivity contribution in [2.45, 2.75) is 0 Å². The van der Waals surface area contributed by atoms with Crippen LogP contribution in [0.5, 0.6) is 5.75 Å². The molecular weight excluding hydrogens is 220 g/mol. The summed E-state index contributed by atoms with van der Waals surface area (Å²) in [7, 11) is 3.46. The fourth-order valence-corrected chi connectivity index (χ4v) is 2.37. The summed E-state index contributed by atoms with van der Waals surface area (Å²) in [4.78, 5) is 4.33. The number of anilines is 1. The van der Waals surface area contributed by atoms with Crippen LogP contribution in [0.3, 0.4) is 0 Å². The van der Waals surface area contributed by atoms with Gasteiger partial charge in [0.1, 0.15) is 11.3 Å². The molecule has 1 N–H and O–H groups in total. The summed E-state index contributed by atoms with van der Waals surface area (Å²) in [6.45, 7) is 0. The third-order valence-corrected chi connectivity index (χ3v) is 3.18. The van der Waals surface area contributed by atoms with E-state index in [1.807, 2.05) is 13.1 Å². The molecule has 1 heterocycles. The van der Waals surface area contributed by atoms with Crippen LogP contribution in [0.4, 0.5) is 5.13 Å². The van der Waals surface area contributed by atoms with Gasteiger partial charge in [-0.05, 0) is 6.07 Å². The van der Waals surface area contributed by atoms with Crippen LogP contribution < -0.4 is 10.1 Å². The molecule has 74 valence electrons. The van der Waals surface area contributed by atoms with E-state index in [-0.39, 0.29) is 0 Å². The number of aromatic nitrogens is 1. The maximum Gasteiger partial charge on any atom is 0.183 e. The van der Waals surface area contributed by atoms with E-state index in [1.165, 1.54) is 0 Å². The second kappa shape index (κ2) is 3.63. The van der Waals surface area contributed by atoms with Gasteiger partial charge in [-0.1, -0.05) is 22.9 Å². The zero-order chi connectivity index (χ0) is 10.1. The number of ether oxygens (including phenoxy) is 1. The van der Waals surface area contributed by atoms with Gasteiger partial charge in [0.2, 0.25) is 0 Å². The molecule has 0 amide bonds. The molecule has 0 spiro atoms. The highest BCUT2D eigenvalue weighted by Crippen LogP contribution is 2.34. The molecule has 0 bridgehead atoms. The van der Waals surface area contributed by atoms with E-state index in [2.05, 4.69) is 10.3 Å². The van der Waals surface area contributed by atoms with E-state index >= 15 is 0 Å². The molecule has 0 fully saturated rings. The Morgan fingerprint density at radius 2 is 2.29 bits per heavy atom. The van der Waals surface area contributed by atoms with Crippen molar-refractivity contribution in [3.8, 4) is 5.75 Å². The lowest BCUT2D eigenvalue weighted by atomic mass is 10.3. The standard InChI is InChI=1S/C9H9ClN2OS/c1-11-9-12-8-6(10)3-5(13-2)4-7(8)14-9/h3-4H,1-2H3,(H,11,12). The molecule has 0 aliphatic carbocycles. The molecule has 0 radical (unpaired) electrons. The topological polar surface area (TPSA) is 34.2 Å². The van der Waals surface area contributed by atoms with Crippen molar-refractivity contribution >= 4 is 38.3 Å². The molecule has 0 aliphatic heterocycles. The number of benzene rings is 1. The van der Waals surface area contributed by atoms with Crippen molar-refractivity contribution in [3.63, 3.8) is 0 Å². The molecule has 3 nitrogen and oxygen atoms in total. The van der Waals surface area contributed by atoms with E-state index in [9.17, 15) is 0 Å². The fourth-order valence-electron chi connectivity index (χ4n) is 1.19. The lowest BCUT2D eigenvalue weighted by molar-refractivity contribution is 0.415. The van der Waals surface area contributed by atoms with Gasteiger partial charge in [0.15, 0.2) is 5.13 Å². The Hall–Kier alpha value is -1.000. The van der Waals surface area contributed by atoms with Crippen molar-refractivity contribution in [2.24, 2.45) is 0 Å². The maximum absolute atomic E-state index is 6.05. The SMILES string of the molecule is CNc1nc2c(Cl)cc(OC)cc2s1. The van der Waals surface area contributed by atoms with E-state index < -0.39 is 0 Å². The first-order valence-corrected chi connectivity index (χ1v) is 5.26. The smallest absolute Gasteiger partial charge is 0.183 e. The van der Waals surface area contributed by atoms with Crippen LogP contribution in [0.15, 0.2) is 12.1 Å². The minimum atomic E-state index is 0.622. The molecule has 14 heavy (non-hydrogen) atoms. The third-order valence-electron chi connectivity index (χ3n) is 1.87. The summed E-state index contributed by atoms with van der Waals surface area (Å²) >= 11 is 7.60. The number of hydrogen-bond acceptors (Lipinski definition) is 4. The first-order chi connectivity index (χ1) is 6.74. The second-order valence-corrected chi connectivity index (χ2v) is 4.16. The summed E-state index contributed by atoms with van der Waals surface area (Å²) in [5.74, 6) is 0.758. The molecule has 0 aliphatic rings. The Kier molecular flexibility index (Phi) is 2.48. The largest absolute Gasteiger partial charge is 0.497 e. The van der Waals surface area contributed by atoms with Gasteiger partial charge in [0.05, 0.1) is 16.8 Å². The van der Waals surface area contributed by atoms with Gasteiger partial charge in [0.25, 0.3) is 0 Å². The van der Waals surface area contributed by atoms with Crippen LogP contribution in [0, 0.1) is 0 Å². The van der Waals surface area contributed by atoms with Crippen molar-refractivity contribution in [1.29, 1.82) is 0 Å². The van der Waals surface area contributed by atoms with E-state index in [1.54, 1.807) is 24.5 Å². The van der Waals surface area contributed by atoms with Crippen molar-refractivity contribution < 1.29 is 4.74 Å². The van der Waals surface area contributed by atoms with Gasteiger partial charge < -0.3 is 10.1 Å². The summed E-state index contributed by atoms with van der Waals surface area (Å²) in [5, 5.41) is 4.47. The van der Waals surface area contributed by atoms with Crippen LogP contribution >= 0.6 is 22.9 Å². The van der Waals surface area contributed by atoms with Gasteiger partial charge in [-0.2, -0.15) is 0 Å². The Balaban J connectivity index is 2.67. The summed E-state index contributed by atoms with van der Waals surface area (Å²) in [6.07, 6.45) is 0. The molecule has 5 heteroatoms. The molecule has 0 saturated carbocycles. The van der Waals surface area contributed by atoms with E-state index in [4.69, 9.17) is 16.3 Å². The summed E-state index contributed by atoms with van der Waals surface area (Å²) in [5.41, 5.74) is 0.821. The van der Waals surface area contributed by atoms with Gasteiger partial charge in [-0.3, -0.25) is 0 Å². The zero-order valence-electron chi connectivity index (χ0n) is 7.80. The van der Waals surface area contributed by atoms with E-state index in [0.717, 1.165) is 21.1 Å². The minimum Gasteiger partial charge on any atom is -0.497 e. The minimum absolute atomic E-state index is 0.622. The fraction of sp³-hybridized carbons (Fsp3) is 0.222. The highest BCUT2D eigenvalue weighted by molar-refractivity contribution is 7.22. The molecule has 0 atom stereocenters. The Morgan fingerprint density at radius 3 is 2.93 bits per heavy atom. The number of fused-ring (bicyclic) bond motifs is 1. The zero-order valence-corrected chi connectivity index (χ0v) is 9.37. The molecule has 0 unspecified atom stereocenters. The average molecular weight is 229 g/mol. The predicted molar refractivity (Wildman–Crippen MR) is 60.7 cm³/mol. The van der Waals surface area contributed by atoms with Gasteiger partial charge in [-0.25, -0.2) is 4.98 Å².